The van der Waals surface area contributed by atoms with Crippen LogP contribution in [-0.2, 0) is 0 Å². The highest BCUT2D eigenvalue weighted by Crippen LogP contribution is 2.34. The Bertz CT molecular complexity index is 119. The number of hydrazine groups is 1. The fourth-order valence-corrected chi connectivity index (χ4v) is 1.68. The van der Waals surface area contributed by atoms with Gasteiger partial charge in [-0.05, 0) is 31.1 Å². The lowest BCUT2D eigenvalue weighted by molar-refractivity contribution is 0.389. The van der Waals surface area contributed by atoms with E-state index in [1.807, 2.05) is 0 Å². The van der Waals surface area contributed by atoms with Crippen molar-refractivity contribution in [2.75, 3.05) is 0 Å². The van der Waals surface area contributed by atoms with E-state index >= 15 is 0 Å². The monoisotopic (exact) mass is 170 g/mol. The Labute approximate surface area is 75.9 Å². The van der Waals surface area contributed by atoms with Gasteiger partial charge in [-0.1, -0.05) is 26.7 Å². The van der Waals surface area contributed by atoms with Crippen molar-refractivity contribution < 1.29 is 0 Å². The number of nitrogens with one attached hydrogen (secondary N) is 1. The van der Waals surface area contributed by atoms with E-state index in [-0.39, 0.29) is 0 Å². The van der Waals surface area contributed by atoms with Crippen LogP contribution in [0.1, 0.15) is 46.0 Å². The van der Waals surface area contributed by atoms with E-state index in [0.29, 0.717) is 6.04 Å². The van der Waals surface area contributed by atoms with Crippen LogP contribution in [-0.4, -0.2) is 6.04 Å². The van der Waals surface area contributed by atoms with Gasteiger partial charge in [0.15, 0.2) is 0 Å². The van der Waals surface area contributed by atoms with E-state index in [2.05, 4.69) is 19.3 Å². The maximum atomic E-state index is 5.48. The topological polar surface area (TPSA) is 38.0 Å². The molecule has 0 aliphatic heterocycles. The van der Waals surface area contributed by atoms with Crippen LogP contribution in [0.15, 0.2) is 0 Å². The van der Waals surface area contributed by atoms with Crippen molar-refractivity contribution in [3.8, 4) is 0 Å². The molecule has 1 saturated carbocycles. The molecule has 2 nitrogen and oxygen atoms in total. The van der Waals surface area contributed by atoms with E-state index < -0.39 is 0 Å². The SMILES string of the molecule is CC(C)CC(CCC1CC1)NN. The summed E-state index contributed by atoms with van der Waals surface area (Å²) < 4.78 is 0. The molecule has 1 unspecified atom stereocenters. The predicted molar refractivity (Wildman–Crippen MR) is 52.5 cm³/mol. The molecule has 12 heavy (non-hydrogen) atoms. The summed E-state index contributed by atoms with van der Waals surface area (Å²) in [6.45, 7) is 4.50. The third-order valence-electron chi connectivity index (χ3n) is 2.61. The molecule has 1 fully saturated rings. The minimum absolute atomic E-state index is 0.547. The first-order valence-corrected chi connectivity index (χ1v) is 5.18. The first-order chi connectivity index (χ1) is 5.72. The maximum absolute atomic E-state index is 5.48. The second kappa shape index (κ2) is 4.83. The molecule has 1 aliphatic rings. The van der Waals surface area contributed by atoms with Crippen LogP contribution < -0.4 is 11.3 Å². The van der Waals surface area contributed by atoms with Crippen LogP contribution in [0.25, 0.3) is 0 Å². The Morgan fingerprint density at radius 1 is 1.42 bits per heavy atom. The first-order valence-electron chi connectivity index (χ1n) is 5.18. The van der Waals surface area contributed by atoms with Gasteiger partial charge in [-0.15, -0.1) is 0 Å². The van der Waals surface area contributed by atoms with Gasteiger partial charge in [0.1, 0.15) is 0 Å². The lowest BCUT2D eigenvalue weighted by atomic mass is 9.99. The van der Waals surface area contributed by atoms with Gasteiger partial charge in [-0.25, -0.2) is 0 Å². The second-order valence-corrected chi connectivity index (χ2v) is 4.51. The number of hydrogen-bond donors (Lipinski definition) is 2. The predicted octanol–water partition coefficient (Wildman–Crippen LogP) is 2.05. The fraction of sp³-hybridized carbons (Fsp3) is 1.00. The molecule has 72 valence electrons. The van der Waals surface area contributed by atoms with E-state index in [1.54, 1.807) is 0 Å². The zero-order chi connectivity index (χ0) is 8.97. The van der Waals surface area contributed by atoms with Gasteiger partial charge in [-0.3, -0.25) is 11.3 Å². The van der Waals surface area contributed by atoms with Gasteiger partial charge < -0.3 is 0 Å². The van der Waals surface area contributed by atoms with Crippen LogP contribution in [0.2, 0.25) is 0 Å². The standard InChI is InChI=1S/C10H22N2/c1-8(2)7-10(12-11)6-5-9-3-4-9/h8-10,12H,3-7,11H2,1-2H3. The van der Waals surface area contributed by atoms with Crippen LogP contribution in [0, 0.1) is 11.8 Å². The highest BCUT2D eigenvalue weighted by atomic mass is 15.2. The summed E-state index contributed by atoms with van der Waals surface area (Å²) in [6.07, 6.45) is 6.77. The van der Waals surface area contributed by atoms with Gasteiger partial charge in [0, 0.05) is 6.04 Å². The molecule has 3 N–H and O–H groups in total. The third-order valence-corrected chi connectivity index (χ3v) is 2.61. The van der Waals surface area contributed by atoms with E-state index in [4.69, 9.17) is 5.84 Å². The largest absolute Gasteiger partial charge is 0.271 e. The molecule has 0 aromatic rings. The van der Waals surface area contributed by atoms with Crippen molar-refractivity contribution in [3.05, 3.63) is 0 Å². The molecule has 2 heteroatoms. The summed E-state index contributed by atoms with van der Waals surface area (Å²) in [5.41, 5.74) is 2.92. The molecule has 0 amide bonds. The van der Waals surface area contributed by atoms with Crippen LogP contribution in [0.5, 0.6) is 0 Å². The second-order valence-electron chi connectivity index (χ2n) is 4.51. The van der Waals surface area contributed by atoms with Crippen LogP contribution >= 0.6 is 0 Å². The average Bonchev–Trinajstić information content (AvgIpc) is 2.80. The lowest BCUT2D eigenvalue weighted by Crippen LogP contribution is -2.36. The van der Waals surface area contributed by atoms with Crippen molar-refractivity contribution in [2.24, 2.45) is 17.7 Å². The molecule has 0 aromatic heterocycles. The van der Waals surface area contributed by atoms with E-state index in [1.165, 1.54) is 32.1 Å². The van der Waals surface area contributed by atoms with Gasteiger partial charge >= 0.3 is 0 Å². The van der Waals surface area contributed by atoms with Crippen molar-refractivity contribution in [1.29, 1.82) is 0 Å². The summed E-state index contributed by atoms with van der Waals surface area (Å²) in [7, 11) is 0. The number of hydrogen-bond acceptors (Lipinski definition) is 2. The number of nitrogens with two attached hydrogens (primary N) is 1. The summed E-state index contributed by atoms with van der Waals surface area (Å²) in [6, 6.07) is 0.547. The van der Waals surface area contributed by atoms with E-state index in [9.17, 15) is 0 Å². The van der Waals surface area contributed by atoms with Crippen molar-refractivity contribution in [3.63, 3.8) is 0 Å². The molecular weight excluding hydrogens is 148 g/mol. The normalized spacial score (nSPS) is 20.0. The maximum Gasteiger partial charge on any atom is 0.0213 e. The third kappa shape index (κ3) is 4.07. The van der Waals surface area contributed by atoms with E-state index in [0.717, 1.165) is 11.8 Å². The molecule has 1 aliphatic carbocycles. The zero-order valence-electron chi connectivity index (χ0n) is 8.34. The van der Waals surface area contributed by atoms with Crippen molar-refractivity contribution in [2.45, 2.75) is 52.0 Å². The zero-order valence-corrected chi connectivity index (χ0v) is 8.34. The van der Waals surface area contributed by atoms with Crippen molar-refractivity contribution in [1.82, 2.24) is 5.43 Å². The van der Waals surface area contributed by atoms with Crippen LogP contribution in [0.4, 0.5) is 0 Å². The summed E-state index contributed by atoms with van der Waals surface area (Å²) >= 11 is 0. The molecular formula is C10H22N2. The Kier molecular flexibility index (Phi) is 4.02. The van der Waals surface area contributed by atoms with Gasteiger partial charge in [-0.2, -0.15) is 0 Å². The first kappa shape index (κ1) is 10.0. The van der Waals surface area contributed by atoms with Crippen LogP contribution in [0.3, 0.4) is 0 Å². The molecule has 0 radical (unpaired) electrons. The average molecular weight is 170 g/mol. The summed E-state index contributed by atoms with van der Waals surface area (Å²) in [5, 5.41) is 0. The minimum atomic E-state index is 0.547. The summed E-state index contributed by atoms with van der Waals surface area (Å²) in [5.74, 6) is 7.27. The highest BCUT2D eigenvalue weighted by Gasteiger charge is 2.22. The molecule has 1 atom stereocenters. The molecule has 0 saturated heterocycles. The van der Waals surface area contributed by atoms with Gasteiger partial charge in [0.2, 0.25) is 0 Å². The number of rotatable bonds is 6. The molecule has 0 spiro atoms. The molecule has 0 heterocycles. The fourth-order valence-electron chi connectivity index (χ4n) is 1.68. The minimum Gasteiger partial charge on any atom is -0.271 e. The Morgan fingerprint density at radius 3 is 2.50 bits per heavy atom. The lowest BCUT2D eigenvalue weighted by Gasteiger charge is -2.17. The Hall–Kier alpha value is -0.0800. The Morgan fingerprint density at radius 2 is 2.08 bits per heavy atom. The molecule has 0 aromatic carbocycles. The molecule has 0 bridgehead atoms. The van der Waals surface area contributed by atoms with Gasteiger partial charge in [0.05, 0.1) is 0 Å². The van der Waals surface area contributed by atoms with Crippen molar-refractivity contribution >= 4 is 0 Å². The molecule has 1 rings (SSSR count). The Balaban J connectivity index is 2.06. The highest BCUT2D eigenvalue weighted by molar-refractivity contribution is 4.76. The van der Waals surface area contributed by atoms with Gasteiger partial charge in [0.25, 0.3) is 0 Å². The smallest absolute Gasteiger partial charge is 0.0213 e. The summed E-state index contributed by atoms with van der Waals surface area (Å²) in [4.78, 5) is 0. The quantitative estimate of drug-likeness (QED) is 0.473.